The third kappa shape index (κ3) is 2.85. The van der Waals surface area contributed by atoms with Crippen molar-refractivity contribution in [2.75, 3.05) is 6.61 Å². The summed E-state index contributed by atoms with van der Waals surface area (Å²) in [5.74, 6) is 1.69. The van der Waals surface area contributed by atoms with Crippen molar-refractivity contribution < 1.29 is 5.11 Å². The van der Waals surface area contributed by atoms with Gasteiger partial charge in [0.2, 0.25) is 0 Å². The Balaban J connectivity index is 3.68. The van der Waals surface area contributed by atoms with Crippen LogP contribution in [0.25, 0.3) is 0 Å². The highest BCUT2D eigenvalue weighted by atomic mass is 16.3. The molecule has 1 heteroatoms. The molecule has 9 heavy (non-hydrogen) atoms. The lowest BCUT2D eigenvalue weighted by molar-refractivity contribution is 0.150. The summed E-state index contributed by atoms with van der Waals surface area (Å²) in [5.41, 5.74) is 0. The third-order valence-corrected chi connectivity index (χ3v) is 1.92. The van der Waals surface area contributed by atoms with E-state index >= 15 is 0 Å². The van der Waals surface area contributed by atoms with Crippen molar-refractivity contribution in [3.8, 4) is 0 Å². The number of hydrogen-bond acceptors (Lipinski definition) is 1. The van der Waals surface area contributed by atoms with E-state index in [2.05, 4.69) is 27.7 Å². The van der Waals surface area contributed by atoms with Crippen LogP contribution in [0.15, 0.2) is 0 Å². The maximum atomic E-state index is 8.87. The van der Waals surface area contributed by atoms with Gasteiger partial charge in [-0.1, -0.05) is 27.7 Å². The van der Waals surface area contributed by atoms with Crippen molar-refractivity contribution in [1.29, 1.82) is 0 Å². The van der Waals surface area contributed by atoms with Crippen molar-refractivity contribution in [1.82, 2.24) is 0 Å². The molecule has 0 unspecified atom stereocenters. The van der Waals surface area contributed by atoms with E-state index in [1.165, 1.54) is 0 Å². The Bertz CT molecular complexity index is 59.0. The normalized spacial score (nSPS) is 12.0. The average molecular weight is 130 g/mol. The maximum Gasteiger partial charge on any atom is 0.0464 e. The Morgan fingerprint density at radius 2 is 1.33 bits per heavy atom. The van der Waals surface area contributed by atoms with Crippen LogP contribution >= 0.6 is 0 Å². The first kappa shape index (κ1) is 8.96. The van der Waals surface area contributed by atoms with Crippen LogP contribution in [0.2, 0.25) is 0 Å². The molecule has 0 bridgehead atoms. The molecule has 0 aliphatic rings. The molecule has 0 aliphatic heterocycles. The number of hydrogen-bond donors (Lipinski definition) is 1. The quantitative estimate of drug-likeness (QED) is 0.618. The lowest BCUT2D eigenvalue weighted by Crippen LogP contribution is -2.19. The molecule has 0 amide bonds. The van der Waals surface area contributed by atoms with Crippen molar-refractivity contribution in [2.45, 2.75) is 27.7 Å². The van der Waals surface area contributed by atoms with E-state index in [4.69, 9.17) is 5.11 Å². The van der Waals surface area contributed by atoms with E-state index in [0.29, 0.717) is 24.4 Å². The fourth-order valence-electron chi connectivity index (χ4n) is 1.19. The van der Waals surface area contributed by atoms with Gasteiger partial charge in [0.15, 0.2) is 0 Å². The van der Waals surface area contributed by atoms with Crippen LogP contribution < -0.4 is 0 Å². The van der Waals surface area contributed by atoms with Crippen LogP contribution in [0.1, 0.15) is 27.7 Å². The van der Waals surface area contributed by atoms with E-state index in [9.17, 15) is 0 Å². The van der Waals surface area contributed by atoms with Crippen molar-refractivity contribution >= 4 is 0 Å². The first-order chi connectivity index (χ1) is 4.09. The highest BCUT2D eigenvalue weighted by Gasteiger charge is 2.15. The molecule has 0 atom stereocenters. The van der Waals surface area contributed by atoms with Crippen LogP contribution in [0.3, 0.4) is 0 Å². The van der Waals surface area contributed by atoms with Crippen LogP contribution in [-0.4, -0.2) is 11.7 Å². The minimum atomic E-state index is 0.329. The summed E-state index contributed by atoms with van der Waals surface area (Å²) in [7, 11) is 0. The van der Waals surface area contributed by atoms with Gasteiger partial charge in [-0.3, -0.25) is 0 Å². The van der Waals surface area contributed by atoms with Gasteiger partial charge in [0.1, 0.15) is 0 Å². The van der Waals surface area contributed by atoms with Gasteiger partial charge >= 0.3 is 0 Å². The summed E-state index contributed by atoms with van der Waals surface area (Å²) in [6.07, 6.45) is 0. The molecule has 0 spiro atoms. The molecule has 0 fully saturated rings. The summed E-state index contributed by atoms with van der Waals surface area (Å²) in [4.78, 5) is 0. The first-order valence-electron chi connectivity index (χ1n) is 3.70. The van der Waals surface area contributed by atoms with Crippen molar-refractivity contribution in [3.63, 3.8) is 0 Å². The summed E-state index contributed by atoms with van der Waals surface area (Å²) in [5, 5.41) is 8.87. The van der Waals surface area contributed by atoms with E-state index in [0.717, 1.165) is 0 Å². The third-order valence-electron chi connectivity index (χ3n) is 1.92. The largest absolute Gasteiger partial charge is 0.396 e. The molecule has 0 saturated heterocycles. The number of rotatable bonds is 3. The lowest BCUT2D eigenvalue weighted by atomic mass is 9.86. The Hall–Kier alpha value is -0.0400. The SMILES string of the molecule is CC(C)C(CO)C(C)C. The smallest absolute Gasteiger partial charge is 0.0464 e. The fourth-order valence-corrected chi connectivity index (χ4v) is 1.19. The molecule has 0 heterocycles. The monoisotopic (exact) mass is 130 g/mol. The fraction of sp³-hybridized carbons (Fsp3) is 1.00. The summed E-state index contributed by atoms with van der Waals surface area (Å²) < 4.78 is 0. The summed E-state index contributed by atoms with van der Waals surface area (Å²) in [6, 6.07) is 0. The molecular formula is C8H18O. The molecule has 0 aromatic rings. The van der Waals surface area contributed by atoms with Crippen LogP contribution in [-0.2, 0) is 0 Å². The highest BCUT2D eigenvalue weighted by molar-refractivity contribution is 4.64. The van der Waals surface area contributed by atoms with Gasteiger partial charge in [-0.15, -0.1) is 0 Å². The topological polar surface area (TPSA) is 20.2 Å². The molecular weight excluding hydrogens is 112 g/mol. The second-order valence-corrected chi connectivity index (χ2v) is 3.33. The minimum Gasteiger partial charge on any atom is -0.396 e. The zero-order valence-corrected chi connectivity index (χ0v) is 6.89. The van der Waals surface area contributed by atoms with Crippen molar-refractivity contribution in [3.05, 3.63) is 0 Å². The van der Waals surface area contributed by atoms with Gasteiger partial charge in [-0.25, -0.2) is 0 Å². The minimum absolute atomic E-state index is 0.329. The summed E-state index contributed by atoms with van der Waals surface area (Å²) in [6.45, 7) is 8.94. The standard InChI is InChI=1S/C8H18O/c1-6(2)8(5-9)7(3)4/h6-9H,5H2,1-4H3. The first-order valence-corrected chi connectivity index (χ1v) is 3.70. The van der Waals surface area contributed by atoms with Gasteiger partial charge in [-0.05, 0) is 17.8 Å². The molecule has 0 rings (SSSR count). The van der Waals surface area contributed by atoms with Crippen molar-refractivity contribution in [2.24, 2.45) is 17.8 Å². The molecule has 0 saturated carbocycles. The maximum absolute atomic E-state index is 8.87. The Morgan fingerprint density at radius 1 is 1.00 bits per heavy atom. The van der Waals surface area contributed by atoms with Gasteiger partial charge in [-0.2, -0.15) is 0 Å². The van der Waals surface area contributed by atoms with E-state index in [-0.39, 0.29) is 0 Å². The molecule has 0 aromatic heterocycles. The number of aliphatic hydroxyl groups excluding tert-OH is 1. The van der Waals surface area contributed by atoms with E-state index < -0.39 is 0 Å². The van der Waals surface area contributed by atoms with Crippen LogP contribution in [0.5, 0.6) is 0 Å². The molecule has 56 valence electrons. The Kier molecular flexibility index (Phi) is 3.87. The number of aliphatic hydroxyl groups is 1. The lowest BCUT2D eigenvalue weighted by Gasteiger charge is -2.21. The average Bonchev–Trinajstić information content (AvgIpc) is 1.64. The van der Waals surface area contributed by atoms with Gasteiger partial charge < -0.3 is 5.11 Å². The van der Waals surface area contributed by atoms with E-state index in [1.807, 2.05) is 0 Å². The highest BCUT2D eigenvalue weighted by Crippen LogP contribution is 2.18. The zero-order valence-electron chi connectivity index (χ0n) is 6.89. The van der Waals surface area contributed by atoms with Gasteiger partial charge in [0.25, 0.3) is 0 Å². The molecule has 0 radical (unpaired) electrons. The molecule has 0 aromatic carbocycles. The predicted molar refractivity (Wildman–Crippen MR) is 40.3 cm³/mol. The Morgan fingerprint density at radius 3 is 1.33 bits per heavy atom. The second kappa shape index (κ2) is 3.89. The second-order valence-electron chi connectivity index (χ2n) is 3.33. The van der Waals surface area contributed by atoms with Gasteiger partial charge in [0.05, 0.1) is 0 Å². The predicted octanol–water partition coefficient (Wildman–Crippen LogP) is 1.91. The molecule has 0 aliphatic carbocycles. The molecule has 1 nitrogen and oxygen atoms in total. The van der Waals surface area contributed by atoms with Crippen LogP contribution in [0, 0.1) is 17.8 Å². The molecule has 1 N–H and O–H groups in total. The van der Waals surface area contributed by atoms with E-state index in [1.54, 1.807) is 0 Å². The van der Waals surface area contributed by atoms with Gasteiger partial charge in [0, 0.05) is 6.61 Å². The zero-order chi connectivity index (χ0) is 7.44. The van der Waals surface area contributed by atoms with Crippen LogP contribution in [0.4, 0.5) is 0 Å². The Labute approximate surface area is 58.1 Å². The summed E-state index contributed by atoms with van der Waals surface area (Å²) >= 11 is 0.